The van der Waals surface area contributed by atoms with Crippen molar-refractivity contribution in [3.8, 4) is 0 Å². The van der Waals surface area contributed by atoms with E-state index >= 15 is 0 Å². The van der Waals surface area contributed by atoms with E-state index < -0.39 is 0 Å². The maximum Gasteiger partial charge on any atom is 0.270 e. The molecule has 0 aliphatic carbocycles. The summed E-state index contributed by atoms with van der Waals surface area (Å²) in [5.41, 5.74) is 2.13. The van der Waals surface area contributed by atoms with E-state index in [1.165, 1.54) is 6.20 Å². The summed E-state index contributed by atoms with van der Waals surface area (Å²) >= 11 is 5.70. The van der Waals surface area contributed by atoms with E-state index in [1.807, 2.05) is 24.3 Å². The number of hydrogen-bond acceptors (Lipinski definition) is 3. The van der Waals surface area contributed by atoms with Crippen molar-refractivity contribution < 1.29 is 9.90 Å². The van der Waals surface area contributed by atoms with E-state index in [2.05, 4.69) is 10.3 Å². The fourth-order valence-corrected chi connectivity index (χ4v) is 1.66. The molecule has 5 heteroatoms. The molecule has 0 aliphatic rings. The maximum absolute atomic E-state index is 11.8. The van der Waals surface area contributed by atoms with Gasteiger partial charge in [-0.15, -0.1) is 0 Å². The van der Waals surface area contributed by atoms with Crippen LogP contribution in [0.4, 0.5) is 0 Å². The number of benzene rings is 1. The highest BCUT2D eigenvalue weighted by molar-refractivity contribution is 6.30. The Morgan fingerprint density at radius 1 is 1.16 bits per heavy atom. The van der Waals surface area contributed by atoms with Crippen molar-refractivity contribution in [3.05, 3.63) is 64.4 Å². The molecule has 0 spiro atoms. The number of aliphatic hydroxyl groups excluding tert-OH is 1. The first-order valence-electron chi connectivity index (χ1n) is 5.77. The summed E-state index contributed by atoms with van der Waals surface area (Å²) in [6.07, 6.45) is 1.44. The number of rotatable bonds is 4. The van der Waals surface area contributed by atoms with E-state index in [0.717, 1.165) is 11.1 Å². The molecule has 4 nitrogen and oxygen atoms in total. The van der Waals surface area contributed by atoms with Gasteiger partial charge in [-0.05, 0) is 23.3 Å². The minimum Gasteiger partial charge on any atom is -0.392 e. The zero-order valence-electron chi connectivity index (χ0n) is 10.1. The lowest BCUT2D eigenvalue weighted by Crippen LogP contribution is -2.23. The number of amides is 1. The molecule has 2 rings (SSSR count). The Morgan fingerprint density at radius 3 is 2.42 bits per heavy atom. The van der Waals surface area contributed by atoms with E-state index in [-0.39, 0.29) is 12.5 Å². The lowest BCUT2D eigenvalue weighted by atomic mass is 10.1. The van der Waals surface area contributed by atoms with E-state index in [9.17, 15) is 4.79 Å². The molecule has 2 aromatic rings. The third-order valence-electron chi connectivity index (χ3n) is 2.62. The Morgan fingerprint density at radius 2 is 1.84 bits per heavy atom. The molecule has 1 aromatic carbocycles. The molecule has 98 valence electrons. The third kappa shape index (κ3) is 3.77. The van der Waals surface area contributed by atoms with E-state index in [0.29, 0.717) is 17.3 Å². The Bertz CT molecular complexity index is 553. The van der Waals surface area contributed by atoms with Gasteiger partial charge in [0, 0.05) is 12.7 Å². The van der Waals surface area contributed by atoms with E-state index in [4.69, 9.17) is 16.7 Å². The lowest BCUT2D eigenvalue weighted by Gasteiger charge is -2.05. The summed E-state index contributed by atoms with van der Waals surface area (Å²) in [5, 5.41) is 12.2. The Hall–Kier alpha value is -1.91. The van der Waals surface area contributed by atoms with Crippen LogP contribution in [-0.2, 0) is 13.2 Å². The number of carbonyl (C=O) groups is 1. The number of nitrogens with zero attached hydrogens (tertiary/aromatic N) is 1. The molecule has 1 amide bonds. The smallest absolute Gasteiger partial charge is 0.270 e. The number of nitrogens with one attached hydrogen (secondary N) is 1. The molecule has 19 heavy (non-hydrogen) atoms. The SMILES string of the molecule is O=C(NCc1ccc(CO)cc1)c1ccc(Cl)cn1. The van der Waals surface area contributed by atoms with Crippen molar-refractivity contribution in [3.63, 3.8) is 0 Å². The quantitative estimate of drug-likeness (QED) is 0.899. The van der Waals surface area contributed by atoms with Crippen LogP contribution in [0.1, 0.15) is 21.6 Å². The number of aromatic nitrogens is 1. The van der Waals surface area contributed by atoms with Gasteiger partial charge in [-0.1, -0.05) is 35.9 Å². The first kappa shape index (κ1) is 13.5. The van der Waals surface area contributed by atoms with Crippen molar-refractivity contribution >= 4 is 17.5 Å². The standard InChI is InChI=1S/C14H13ClN2O2/c15-12-5-6-13(16-8-12)14(19)17-7-10-1-3-11(9-18)4-2-10/h1-6,8,18H,7,9H2,(H,17,19). The van der Waals surface area contributed by atoms with Crippen LogP contribution in [0.2, 0.25) is 5.02 Å². The second-order valence-corrected chi connectivity index (χ2v) is 4.46. The molecule has 0 fully saturated rings. The number of pyridine rings is 1. The third-order valence-corrected chi connectivity index (χ3v) is 2.84. The van der Waals surface area contributed by atoms with Crippen LogP contribution in [-0.4, -0.2) is 16.0 Å². The molecule has 0 aliphatic heterocycles. The van der Waals surface area contributed by atoms with Gasteiger partial charge >= 0.3 is 0 Å². The van der Waals surface area contributed by atoms with Crippen LogP contribution in [0.5, 0.6) is 0 Å². The van der Waals surface area contributed by atoms with Gasteiger partial charge in [0.25, 0.3) is 5.91 Å². The van der Waals surface area contributed by atoms with Crippen LogP contribution in [0.15, 0.2) is 42.6 Å². The number of carbonyl (C=O) groups excluding carboxylic acids is 1. The van der Waals surface area contributed by atoms with Crippen LogP contribution in [0.25, 0.3) is 0 Å². The number of halogens is 1. The van der Waals surface area contributed by atoms with Gasteiger partial charge in [0.2, 0.25) is 0 Å². The van der Waals surface area contributed by atoms with Gasteiger partial charge in [-0.3, -0.25) is 4.79 Å². The molecule has 1 heterocycles. The summed E-state index contributed by atoms with van der Waals surface area (Å²) in [6, 6.07) is 10.6. The molecule has 1 aromatic heterocycles. The van der Waals surface area contributed by atoms with Gasteiger partial charge < -0.3 is 10.4 Å². The molecule has 0 bridgehead atoms. The molecule has 0 unspecified atom stereocenters. The number of aliphatic hydroxyl groups is 1. The van der Waals surface area contributed by atoms with Gasteiger partial charge in [0.1, 0.15) is 5.69 Å². The monoisotopic (exact) mass is 276 g/mol. The predicted molar refractivity (Wildman–Crippen MR) is 72.8 cm³/mol. The fourth-order valence-electron chi connectivity index (χ4n) is 1.55. The summed E-state index contributed by atoms with van der Waals surface area (Å²) in [5.74, 6) is -0.247. The highest BCUT2D eigenvalue weighted by Gasteiger charge is 2.06. The molecular formula is C14H13ClN2O2. The van der Waals surface area contributed by atoms with E-state index in [1.54, 1.807) is 12.1 Å². The largest absolute Gasteiger partial charge is 0.392 e. The number of hydrogen-bond donors (Lipinski definition) is 2. The topological polar surface area (TPSA) is 62.2 Å². The zero-order chi connectivity index (χ0) is 13.7. The highest BCUT2D eigenvalue weighted by Crippen LogP contribution is 2.07. The zero-order valence-corrected chi connectivity index (χ0v) is 10.9. The molecule has 0 atom stereocenters. The average molecular weight is 277 g/mol. The second-order valence-electron chi connectivity index (χ2n) is 4.02. The predicted octanol–water partition coefficient (Wildman–Crippen LogP) is 2.16. The van der Waals surface area contributed by atoms with Gasteiger partial charge in [0.05, 0.1) is 11.6 Å². The second kappa shape index (κ2) is 6.31. The van der Waals surface area contributed by atoms with Crippen molar-refractivity contribution in [1.29, 1.82) is 0 Å². The summed E-state index contributed by atoms with van der Waals surface area (Å²) in [6.45, 7) is 0.427. The molecule has 0 saturated heterocycles. The van der Waals surface area contributed by atoms with Crippen molar-refractivity contribution in [1.82, 2.24) is 10.3 Å². The van der Waals surface area contributed by atoms with Gasteiger partial charge in [-0.25, -0.2) is 4.98 Å². The van der Waals surface area contributed by atoms with Crippen LogP contribution < -0.4 is 5.32 Å². The van der Waals surface area contributed by atoms with Gasteiger partial charge in [-0.2, -0.15) is 0 Å². The van der Waals surface area contributed by atoms with Crippen molar-refractivity contribution in [2.75, 3.05) is 0 Å². The van der Waals surface area contributed by atoms with Gasteiger partial charge in [0.15, 0.2) is 0 Å². The Balaban J connectivity index is 1.94. The van der Waals surface area contributed by atoms with Crippen LogP contribution in [0.3, 0.4) is 0 Å². The van der Waals surface area contributed by atoms with Crippen molar-refractivity contribution in [2.45, 2.75) is 13.2 Å². The van der Waals surface area contributed by atoms with Crippen LogP contribution in [0, 0.1) is 0 Å². The fraction of sp³-hybridized carbons (Fsp3) is 0.143. The Kier molecular flexibility index (Phi) is 4.49. The van der Waals surface area contributed by atoms with Crippen LogP contribution >= 0.6 is 11.6 Å². The van der Waals surface area contributed by atoms with Crippen molar-refractivity contribution in [2.24, 2.45) is 0 Å². The molecule has 2 N–H and O–H groups in total. The summed E-state index contributed by atoms with van der Waals surface area (Å²) in [7, 11) is 0. The minimum absolute atomic E-state index is 0.0152. The summed E-state index contributed by atoms with van der Waals surface area (Å²) in [4.78, 5) is 15.7. The highest BCUT2D eigenvalue weighted by atomic mass is 35.5. The molecule has 0 saturated carbocycles. The first-order chi connectivity index (χ1) is 9.19. The lowest BCUT2D eigenvalue weighted by molar-refractivity contribution is 0.0946. The average Bonchev–Trinajstić information content (AvgIpc) is 2.46. The minimum atomic E-state index is -0.247. The summed E-state index contributed by atoms with van der Waals surface area (Å²) < 4.78 is 0. The molecule has 0 radical (unpaired) electrons. The molecular weight excluding hydrogens is 264 g/mol. The Labute approximate surface area is 116 Å². The normalized spacial score (nSPS) is 10.2. The first-order valence-corrected chi connectivity index (χ1v) is 6.15. The maximum atomic E-state index is 11.8.